The molecule has 1 unspecified atom stereocenters. The quantitative estimate of drug-likeness (QED) is 0.542. The van der Waals surface area contributed by atoms with Gasteiger partial charge in [0, 0.05) is 13.0 Å². The third kappa shape index (κ3) is 3.28. The van der Waals surface area contributed by atoms with E-state index in [9.17, 15) is 14.4 Å². The largest absolute Gasteiger partial charge is 0.464 e. The summed E-state index contributed by atoms with van der Waals surface area (Å²) in [6, 6.07) is -0.577. The summed E-state index contributed by atoms with van der Waals surface area (Å²) in [6.07, 6.45) is 2.47. The van der Waals surface area contributed by atoms with Crippen LogP contribution in [0.15, 0.2) is 0 Å². The van der Waals surface area contributed by atoms with Gasteiger partial charge < -0.3 is 9.64 Å². The first-order valence-electron chi connectivity index (χ1n) is 6.12. The van der Waals surface area contributed by atoms with Gasteiger partial charge in [0.25, 0.3) is 5.91 Å². The van der Waals surface area contributed by atoms with E-state index >= 15 is 0 Å². The molecule has 0 saturated carbocycles. The zero-order chi connectivity index (χ0) is 12.8. The van der Waals surface area contributed by atoms with E-state index in [1.54, 1.807) is 13.8 Å². The number of ether oxygens (including phenoxy) is 1. The summed E-state index contributed by atoms with van der Waals surface area (Å²) in [5.41, 5.74) is 0. The van der Waals surface area contributed by atoms with Crippen LogP contribution in [-0.2, 0) is 19.1 Å². The SMILES string of the molecule is CCOC(=O)C1CCCCN1C(=O)C(=O)CC. The van der Waals surface area contributed by atoms with Gasteiger partial charge in [-0.3, -0.25) is 9.59 Å². The molecule has 0 aromatic heterocycles. The van der Waals surface area contributed by atoms with Crippen molar-refractivity contribution in [3.8, 4) is 0 Å². The number of rotatable bonds is 4. The number of Topliss-reactive ketones (excluding diaryl/α,β-unsaturated/α-hetero) is 1. The van der Waals surface area contributed by atoms with Crippen molar-refractivity contribution >= 4 is 17.7 Å². The first kappa shape index (κ1) is 13.7. The molecule has 17 heavy (non-hydrogen) atoms. The van der Waals surface area contributed by atoms with Gasteiger partial charge in [0.2, 0.25) is 5.78 Å². The summed E-state index contributed by atoms with van der Waals surface area (Å²) in [5.74, 6) is -1.39. The van der Waals surface area contributed by atoms with Gasteiger partial charge in [-0.15, -0.1) is 0 Å². The third-order valence-corrected chi connectivity index (χ3v) is 2.88. The van der Waals surface area contributed by atoms with E-state index in [1.807, 2.05) is 0 Å². The zero-order valence-corrected chi connectivity index (χ0v) is 10.4. The number of amides is 1. The second-order valence-corrected chi connectivity index (χ2v) is 4.04. The zero-order valence-electron chi connectivity index (χ0n) is 10.4. The fourth-order valence-corrected chi connectivity index (χ4v) is 1.97. The van der Waals surface area contributed by atoms with Gasteiger partial charge >= 0.3 is 5.97 Å². The highest BCUT2D eigenvalue weighted by atomic mass is 16.5. The highest BCUT2D eigenvalue weighted by molar-refractivity contribution is 6.36. The number of hydrogen-bond donors (Lipinski definition) is 0. The van der Waals surface area contributed by atoms with E-state index in [4.69, 9.17) is 4.74 Å². The van der Waals surface area contributed by atoms with Gasteiger partial charge in [-0.2, -0.15) is 0 Å². The molecule has 1 aliphatic rings. The van der Waals surface area contributed by atoms with Crippen LogP contribution in [-0.4, -0.2) is 41.8 Å². The second kappa shape index (κ2) is 6.37. The summed E-state index contributed by atoms with van der Waals surface area (Å²) in [6.45, 7) is 4.13. The number of esters is 1. The molecule has 1 heterocycles. The van der Waals surface area contributed by atoms with Gasteiger partial charge in [0.15, 0.2) is 0 Å². The highest BCUT2D eigenvalue weighted by Gasteiger charge is 2.35. The Balaban J connectivity index is 2.75. The lowest BCUT2D eigenvalue weighted by molar-refractivity contribution is -0.158. The predicted octanol–water partition coefficient (Wildman–Crippen LogP) is 0.910. The Morgan fingerprint density at radius 1 is 1.24 bits per heavy atom. The molecule has 0 aromatic carbocycles. The second-order valence-electron chi connectivity index (χ2n) is 4.04. The molecule has 0 radical (unpaired) electrons. The van der Waals surface area contributed by atoms with Crippen LogP contribution in [0.1, 0.15) is 39.5 Å². The molecule has 0 spiro atoms. The Bertz CT molecular complexity index is 314. The van der Waals surface area contributed by atoms with Crippen LogP contribution in [0.25, 0.3) is 0 Å². The van der Waals surface area contributed by atoms with Crippen LogP contribution in [0.4, 0.5) is 0 Å². The Kier molecular flexibility index (Phi) is 5.12. The number of piperidine rings is 1. The van der Waals surface area contributed by atoms with E-state index in [0.29, 0.717) is 19.6 Å². The number of ketones is 1. The fourth-order valence-electron chi connectivity index (χ4n) is 1.97. The van der Waals surface area contributed by atoms with Gasteiger partial charge in [-0.1, -0.05) is 6.92 Å². The van der Waals surface area contributed by atoms with Crippen molar-refractivity contribution in [2.24, 2.45) is 0 Å². The van der Waals surface area contributed by atoms with Gasteiger partial charge in [0.05, 0.1) is 6.61 Å². The van der Waals surface area contributed by atoms with Gasteiger partial charge in [-0.25, -0.2) is 4.79 Å². The molecular formula is C12H19NO4. The van der Waals surface area contributed by atoms with Crippen molar-refractivity contribution in [2.75, 3.05) is 13.2 Å². The molecule has 0 aliphatic carbocycles. The van der Waals surface area contributed by atoms with Crippen LogP contribution in [0.2, 0.25) is 0 Å². The minimum atomic E-state index is -0.577. The van der Waals surface area contributed by atoms with Crippen LogP contribution in [0.5, 0.6) is 0 Å². The lowest BCUT2D eigenvalue weighted by Crippen LogP contribution is -2.50. The monoisotopic (exact) mass is 241 g/mol. The van der Waals surface area contributed by atoms with Gasteiger partial charge in [0.1, 0.15) is 6.04 Å². The molecular weight excluding hydrogens is 222 g/mol. The number of nitrogens with zero attached hydrogens (tertiary/aromatic N) is 1. The normalized spacial score (nSPS) is 19.9. The van der Waals surface area contributed by atoms with Crippen molar-refractivity contribution in [3.05, 3.63) is 0 Å². The maximum absolute atomic E-state index is 11.8. The summed E-state index contributed by atoms with van der Waals surface area (Å²) in [5, 5.41) is 0. The minimum absolute atomic E-state index is 0.172. The summed E-state index contributed by atoms with van der Waals surface area (Å²) in [4.78, 5) is 36.3. The Morgan fingerprint density at radius 2 is 1.94 bits per heavy atom. The first-order chi connectivity index (χ1) is 8.11. The lowest BCUT2D eigenvalue weighted by Gasteiger charge is -2.33. The first-order valence-corrected chi connectivity index (χ1v) is 6.12. The molecule has 1 saturated heterocycles. The molecule has 0 bridgehead atoms. The average Bonchev–Trinajstić information content (AvgIpc) is 2.37. The van der Waals surface area contributed by atoms with E-state index in [-0.39, 0.29) is 6.42 Å². The van der Waals surface area contributed by atoms with Crippen LogP contribution >= 0.6 is 0 Å². The van der Waals surface area contributed by atoms with Crippen LogP contribution < -0.4 is 0 Å². The number of hydrogen-bond acceptors (Lipinski definition) is 4. The molecule has 96 valence electrons. The molecule has 1 rings (SSSR count). The molecule has 1 aliphatic heterocycles. The summed E-state index contributed by atoms with van der Waals surface area (Å²) >= 11 is 0. The number of likely N-dealkylation sites (tertiary alicyclic amines) is 1. The summed E-state index contributed by atoms with van der Waals surface area (Å²) in [7, 11) is 0. The maximum Gasteiger partial charge on any atom is 0.328 e. The molecule has 1 atom stereocenters. The van der Waals surface area contributed by atoms with Crippen molar-refractivity contribution in [2.45, 2.75) is 45.6 Å². The van der Waals surface area contributed by atoms with Gasteiger partial charge in [-0.05, 0) is 26.2 Å². The molecule has 5 heteroatoms. The third-order valence-electron chi connectivity index (χ3n) is 2.88. The van der Waals surface area contributed by atoms with E-state index in [2.05, 4.69) is 0 Å². The van der Waals surface area contributed by atoms with E-state index < -0.39 is 23.7 Å². The molecule has 5 nitrogen and oxygen atoms in total. The molecule has 0 aromatic rings. The smallest absolute Gasteiger partial charge is 0.328 e. The standard InChI is InChI=1S/C12H19NO4/c1-3-10(14)11(15)13-8-6-5-7-9(13)12(16)17-4-2/h9H,3-8H2,1-2H3. The van der Waals surface area contributed by atoms with Crippen LogP contribution in [0, 0.1) is 0 Å². The van der Waals surface area contributed by atoms with Crippen molar-refractivity contribution in [1.82, 2.24) is 4.90 Å². The Morgan fingerprint density at radius 3 is 2.53 bits per heavy atom. The average molecular weight is 241 g/mol. The molecule has 1 fully saturated rings. The molecule has 1 amide bonds. The molecule has 0 N–H and O–H groups in total. The van der Waals surface area contributed by atoms with Crippen LogP contribution in [0.3, 0.4) is 0 Å². The maximum atomic E-state index is 11.8. The Labute approximate surface area is 101 Å². The van der Waals surface area contributed by atoms with Crippen molar-refractivity contribution < 1.29 is 19.1 Å². The van der Waals surface area contributed by atoms with Crippen molar-refractivity contribution in [3.63, 3.8) is 0 Å². The highest BCUT2D eigenvalue weighted by Crippen LogP contribution is 2.18. The minimum Gasteiger partial charge on any atom is -0.464 e. The lowest BCUT2D eigenvalue weighted by atomic mass is 10.0. The van der Waals surface area contributed by atoms with E-state index in [0.717, 1.165) is 12.8 Å². The fraction of sp³-hybridized carbons (Fsp3) is 0.750. The van der Waals surface area contributed by atoms with Crippen molar-refractivity contribution in [1.29, 1.82) is 0 Å². The predicted molar refractivity (Wildman–Crippen MR) is 61.3 cm³/mol. The van der Waals surface area contributed by atoms with E-state index in [1.165, 1.54) is 4.90 Å². The topological polar surface area (TPSA) is 63.7 Å². The number of carbonyl (C=O) groups excluding carboxylic acids is 3. The number of carbonyl (C=O) groups is 3. The Hall–Kier alpha value is -1.39. The summed E-state index contributed by atoms with van der Waals surface area (Å²) < 4.78 is 4.93.